The minimum Gasteiger partial charge on any atom is -0.298 e. The summed E-state index contributed by atoms with van der Waals surface area (Å²) >= 11 is 0. The first-order valence-electron chi connectivity index (χ1n) is 3.46. The maximum Gasteiger partial charge on any atom is 0.225 e. The summed E-state index contributed by atoms with van der Waals surface area (Å²) in [6, 6.07) is 6.91. The van der Waals surface area contributed by atoms with Crippen LogP contribution in [-0.2, 0) is 4.79 Å². The summed E-state index contributed by atoms with van der Waals surface area (Å²) in [5, 5.41) is 0. The van der Waals surface area contributed by atoms with Crippen molar-refractivity contribution in [3.63, 3.8) is 0 Å². The van der Waals surface area contributed by atoms with Gasteiger partial charge in [0, 0.05) is 5.56 Å². The van der Waals surface area contributed by atoms with E-state index in [0.29, 0.717) is 5.56 Å². The number of rotatable bonds is 3. The van der Waals surface area contributed by atoms with E-state index < -0.39 is 0 Å². The Morgan fingerprint density at radius 1 is 1.08 bits per heavy atom. The van der Waals surface area contributed by atoms with Crippen LogP contribution in [0.4, 0.5) is 0 Å². The van der Waals surface area contributed by atoms with E-state index in [4.69, 9.17) is 0 Å². The molecule has 0 aliphatic carbocycles. The molecule has 0 heterocycles. The molecule has 0 saturated carbocycles. The molecule has 0 fully saturated rings. The minimum absolute atomic E-state index is 0.627. The summed E-state index contributed by atoms with van der Waals surface area (Å²) in [4.78, 5) is 20.1. The molecule has 0 amide bonds. The molecular formula is C10H7O2. The minimum atomic E-state index is 0.627. The zero-order chi connectivity index (χ0) is 8.81. The van der Waals surface area contributed by atoms with Gasteiger partial charge in [0.2, 0.25) is 6.29 Å². The molecule has 1 rings (SSSR count). The number of benzene rings is 1. The molecular weight excluding hydrogens is 152 g/mol. The van der Waals surface area contributed by atoms with E-state index >= 15 is 0 Å². The quantitative estimate of drug-likeness (QED) is 0.496. The highest BCUT2D eigenvalue weighted by Crippen LogP contribution is 2.03. The van der Waals surface area contributed by atoms with Gasteiger partial charge in [0.25, 0.3) is 0 Å². The number of hydrogen-bond acceptors (Lipinski definition) is 2. The Hall–Kier alpha value is -1.70. The van der Waals surface area contributed by atoms with Crippen LogP contribution in [0.15, 0.2) is 30.3 Å². The fourth-order valence-electron chi connectivity index (χ4n) is 0.816. The van der Waals surface area contributed by atoms with E-state index in [0.717, 1.165) is 11.8 Å². The number of hydrogen-bond donors (Lipinski definition) is 0. The Balaban J connectivity index is 2.84. The first kappa shape index (κ1) is 8.40. The monoisotopic (exact) mass is 159 g/mol. The second-order valence-corrected chi connectivity index (χ2v) is 2.24. The normalized spacial score (nSPS) is 10.0. The van der Waals surface area contributed by atoms with E-state index in [1.165, 1.54) is 6.08 Å². The van der Waals surface area contributed by atoms with Crippen LogP contribution in [0, 0.1) is 0 Å². The molecule has 0 atom stereocenters. The third-order valence-corrected chi connectivity index (χ3v) is 1.42. The summed E-state index contributed by atoms with van der Waals surface area (Å²) in [5.41, 5.74) is 1.51. The first-order chi connectivity index (χ1) is 5.86. The average Bonchev–Trinajstić information content (AvgIpc) is 2.15. The van der Waals surface area contributed by atoms with Crippen LogP contribution in [0.5, 0.6) is 0 Å². The number of aldehydes is 1. The lowest BCUT2D eigenvalue weighted by Gasteiger charge is -1.91. The van der Waals surface area contributed by atoms with Crippen LogP contribution in [-0.4, -0.2) is 12.6 Å². The lowest BCUT2D eigenvalue weighted by atomic mass is 10.1. The van der Waals surface area contributed by atoms with Crippen molar-refractivity contribution >= 4 is 18.6 Å². The number of carbonyl (C=O) groups is 1. The fraction of sp³-hybridized carbons (Fsp3) is 0. The molecule has 0 spiro atoms. The van der Waals surface area contributed by atoms with Crippen molar-refractivity contribution in [1.29, 1.82) is 0 Å². The molecule has 59 valence electrons. The second kappa shape index (κ2) is 4.23. The molecule has 0 bridgehead atoms. The van der Waals surface area contributed by atoms with Crippen LogP contribution in [0.25, 0.3) is 6.08 Å². The smallest absolute Gasteiger partial charge is 0.225 e. The van der Waals surface area contributed by atoms with Gasteiger partial charge in [0.05, 0.1) is 0 Å². The van der Waals surface area contributed by atoms with Crippen molar-refractivity contribution in [1.82, 2.24) is 0 Å². The molecule has 0 aromatic heterocycles. The van der Waals surface area contributed by atoms with E-state index in [9.17, 15) is 9.59 Å². The van der Waals surface area contributed by atoms with Crippen molar-refractivity contribution in [3.8, 4) is 0 Å². The standard InChI is InChI=1S/C10H7O2/c11-7-1-2-9-3-5-10(8-12)6-4-9/h1-6,8H. The molecule has 0 N–H and O–H groups in total. The third-order valence-electron chi connectivity index (χ3n) is 1.42. The summed E-state index contributed by atoms with van der Waals surface area (Å²) in [5.74, 6) is 0. The second-order valence-electron chi connectivity index (χ2n) is 2.24. The van der Waals surface area contributed by atoms with Gasteiger partial charge in [0.15, 0.2) is 0 Å². The average molecular weight is 159 g/mol. The number of carbonyl (C=O) groups excluding carboxylic acids is 2. The van der Waals surface area contributed by atoms with Gasteiger partial charge in [-0.05, 0) is 11.6 Å². The fourth-order valence-corrected chi connectivity index (χ4v) is 0.816. The van der Waals surface area contributed by atoms with E-state index in [2.05, 4.69) is 0 Å². The van der Waals surface area contributed by atoms with Crippen molar-refractivity contribution in [3.05, 3.63) is 41.5 Å². The van der Waals surface area contributed by atoms with Gasteiger partial charge in [-0.2, -0.15) is 0 Å². The maximum absolute atomic E-state index is 10.3. The highest BCUT2D eigenvalue weighted by molar-refractivity contribution is 5.77. The highest BCUT2D eigenvalue weighted by atomic mass is 16.1. The van der Waals surface area contributed by atoms with Gasteiger partial charge in [-0.1, -0.05) is 30.3 Å². The van der Waals surface area contributed by atoms with Crippen LogP contribution < -0.4 is 0 Å². The molecule has 1 aromatic rings. The molecule has 2 nitrogen and oxygen atoms in total. The number of allylic oxidation sites excluding steroid dienone is 1. The summed E-state index contributed by atoms with van der Waals surface area (Å²) in [6.07, 6.45) is 5.34. The Labute approximate surface area is 70.5 Å². The largest absolute Gasteiger partial charge is 0.298 e. The Kier molecular flexibility index (Phi) is 2.96. The predicted molar refractivity (Wildman–Crippen MR) is 46.6 cm³/mol. The summed E-state index contributed by atoms with van der Waals surface area (Å²) in [7, 11) is 0. The summed E-state index contributed by atoms with van der Waals surface area (Å²) < 4.78 is 0. The van der Waals surface area contributed by atoms with E-state index in [-0.39, 0.29) is 0 Å². The van der Waals surface area contributed by atoms with Crippen LogP contribution in [0.1, 0.15) is 15.9 Å². The molecule has 1 aromatic carbocycles. The van der Waals surface area contributed by atoms with Crippen LogP contribution in [0.3, 0.4) is 0 Å². The highest BCUT2D eigenvalue weighted by Gasteiger charge is 1.88. The molecule has 0 aliphatic heterocycles. The molecule has 0 unspecified atom stereocenters. The van der Waals surface area contributed by atoms with Crippen molar-refractivity contribution in [2.75, 3.05) is 0 Å². The third kappa shape index (κ3) is 2.16. The van der Waals surface area contributed by atoms with Gasteiger partial charge >= 0.3 is 0 Å². The van der Waals surface area contributed by atoms with Gasteiger partial charge < -0.3 is 0 Å². The van der Waals surface area contributed by atoms with Crippen molar-refractivity contribution in [2.24, 2.45) is 0 Å². The summed E-state index contributed by atoms with van der Waals surface area (Å²) in [6.45, 7) is 0. The van der Waals surface area contributed by atoms with Gasteiger partial charge in [0.1, 0.15) is 6.29 Å². The van der Waals surface area contributed by atoms with Crippen LogP contribution in [0.2, 0.25) is 0 Å². The lowest BCUT2D eigenvalue weighted by molar-refractivity contribution is 0.112. The zero-order valence-electron chi connectivity index (χ0n) is 6.36. The van der Waals surface area contributed by atoms with Gasteiger partial charge in [-0.25, -0.2) is 0 Å². The van der Waals surface area contributed by atoms with Crippen molar-refractivity contribution in [2.45, 2.75) is 0 Å². The predicted octanol–water partition coefficient (Wildman–Crippen LogP) is 1.62. The first-order valence-corrected chi connectivity index (χ1v) is 3.46. The Morgan fingerprint density at radius 2 is 1.67 bits per heavy atom. The zero-order valence-corrected chi connectivity index (χ0v) is 6.36. The SMILES string of the molecule is O=[C]C=Cc1ccc(C=O)cc1. The van der Waals surface area contributed by atoms with E-state index in [1.54, 1.807) is 36.6 Å². The van der Waals surface area contributed by atoms with E-state index in [1.807, 2.05) is 0 Å². The molecule has 1 radical (unpaired) electrons. The van der Waals surface area contributed by atoms with Gasteiger partial charge in [-0.3, -0.25) is 9.59 Å². The topological polar surface area (TPSA) is 34.1 Å². The lowest BCUT2D eigenvalue weighted by Crippen LogP contribution is -1.78. The van der Waals surface area contributed by atoms with Crippen LogP contribution >= 0.6 is 0 Å². The molecule has 2 heteroatoms. The Bertz CT molecular complexity index is 296. The molecule has 12 heavy (non-hydrogen) atoms. The van der Waals surface area contributed by atoms with Gasteiger partial charge in [-0.15, -0.1) is 0 Å². The maximum atomic E-state index is 10.3. The molecule has 0 aliphatic rings. The molecule has 0 saturated heterocycles. The van der Waals surface area contributed by atoms with Crippen molar-refractivity contribution < 1.29 is 9.59 Å². The Morgan fingerprint density at radius 3 is 2.17 bits per heavy atom.